The molecule has 3 amide bonds. The largest absolute Gasteiger partial charge is 0.447 e. The Bertz CT molecular complexity index is 576. The van der Waals surface area contributed by atoms with E-state index in [2.05, 4.69) is 12.2 Å². The molecule has 2 aliphatic heterocycles. The molecule has 0 aromatic heterocycles. The summed E-state index contributed by atoms with van der Waals surface area (Å²) in [5.41, 5.74) is 1.33. The van der Waals surface area contributed by atoms with Gasteiger partial charge in [-0.25, -0.2) is 9.59 Å². The molecular formula is C16H21N3O3. The number of hydrogen-bond donors (Lipinski definition) is 1. The highest BCUT2D eigenvalue weighted by Crippen LogP contribution is 2.28. The molecule has 2 heterocycles. The van der Waals surface area contributed by atoms with Gasteiger partial charge >= 0.3 is 12.1 Å². The van der Waals surface area contributed by atoms with Crippen molar-refractivity contribution in [1.29, 1.82) is 0 Å². The molecule has 3 rings (SSSR count). The Morgan fingerprint density at radius 2 is 2.14 bits per heavy atom. The fourth-order valence-electron chi connectivity index (χ4n) is 3.00. The van der Waals surface area contributed by atoms with Crippen molar-refractivity contribution >= 4 is 23.5 Å². The van der Waals surface area contributed by atoms with Crippen LogP contribution in [0.4, 0.5) is 21.0 Å². The van der Waals surface area contributed by atoms with Crippen LogP contribution in [0.5, 0.6) is 0 Å². The van der Waals surface area contributed by atoms with E-state index in [1.165, 1.54) is 6.42 Å². The maximum atomic E-state index is 12.4. The molecule has 1 aromatic rings. The van der Waals surface area contributed by atoms with Crippen molar-refractivity contribution in [1.82, 2.24) is 4.90 Å². The number of likely N-dealkylation sites (tertiary alicyclic amines) is 1. The summed E-state index contributed by atoms with van der Waals surface area (Å²) < 4.78 is 4.97. The van der Waals surface area contributed by atoms with Crippen LogP contribution in [0, 0.1) is 5.92 Å². The van der Waals surface area contributed by atoms with Gasteiger partial charge in [0, 0.05) is 13.1 Å². The predicted molar refractivity (Wildman–Crippen MR) is 84.1 cm³/mol. The number of anilines is 2. The molecule has 1 aromatic carbocycles. The first-order chi connectivity index (χ1) is 10.6. The van der Waals surface area contributed by atoms with Crippen LogP contribution in [-0.4, -0.2) is 43.3 Å². The molecule has 22 heavy (non-hydrogen) atoms. The molecule has 118 valence electrons. The summed E-state index contributed by atoms with van der Waals surface area (Å²) in [7, 11) is 0. The summed E-state index contributed by atoms with van der Waals surface area (Å²) in [6.07, 6.45) is 1.84. The van der Waals surface area contributed by atoms with E-state index < -0.39 is 0 Å². The van der Waals surface area contributed by atoms with E-state index >= 15 is 0 Å². The van der Waals surface area contributed by atoms with Gasteiger partial charge in [0.05, 0.1) is 17.9 Å². The van der Waals surface area contributed by atoms with Crippen molar-refractivity contribution in [2.45, 2.75) is 19.8 Å². The molecule has 6 nitrogen and oxygen atoms in total. The first-order valence-electron chi connectivity index (χ1n) is 7.74. The summed E-state index contributed by atoms with van der Waals surface area (Å²) in [5.74, 6) is 0.531. The fourth-order valence-corrected chi connectivity index (χ4v) is 3.00. The summed E-state index contributed by atoms with van der Waals surface area (Å²) in [5, 5.41) is 2.94. The molecule has 0 aliphatic carbocycles. The number of nitrogens with one attached hydrogen (secondary N) is 1. The van der Waals surface area contributed by atoms with Crippen LogP contribution in [0.3, 0.4) is 0 Å². The summed E-state index contributed by atoms with van der Waals surface area (Å²) >= 11 is 0. The van der Waals surface area contributed by atoms with Crippen molar-refractivity contribution in [3.63, 3.8) is 0 Å². The zero-order valence-electron chi connectivity index (χ0n) is 12.7. The molecule has 0 spiro atoms. The molecule has 1 N–H and O–H groups in total. The number of carbonyl (C=O) groups is 2. The lowest BCUT2D eigenvalue weighted by Gasteiger charge is -2.31. The van der Waals surface area contributed by atoms with Crippen molar-refractivity contribution < 1.29 is 14.3 Å². The second-order valence-electron chi connectivity index (χ2n) is 5.91. The van der Waals surface area contributed by atoms with E-state index in [-0.39, 0.29) is 12.1 Å². The quantitative estimate of drug-likeness (QED) is 0.913. The Balaban J connectivity index is 1.74. The zero-order chi connectivity index (χ0) is 15.5. The Morgan fingerprint density at radius 1 is 1.32 bits per heavy atom. The van der Waals surface area contributed by atoms with Crippen LogP contribution in [0.15, 0.2) is 24.3 Å². The van der Waals surface area contributed by atoms with Gasteiger partial charge in [-0.15, -0.1) is 0 Å². The number of rotatable bonds is 2. The molecule has 0 bridgehead atoms. The van der Waals surface area contributed by atoms with E-state index in [0.717, 1.165) is 19.5 Å². The molecule has 0 radical (unpaired) electrons. The van der Waals surface area contributed by atoms with E-state index in [4.69, 9.17) is 4.74 Å². The number of amides is 3. The Labute approximate surface area is 130 Å². The van der Waals surface area contributed by atoms with Crippen molar-refractivity contribution in [3.05, 3.63) is 24.3 Å². The van der Waals surface area contributed by atoms with Gasteiger partial charge in [0.2, 0.25) is 0 Å². The SMILES string of the molecule is C[C@H]1CCCN(C(=O)Nc2ccccc2N2CCOC2=O)C1. The molecule has 0 unspecified atom stereocenters. The van der Waals surface area contributed by atoms with Crippen LogP contribution < -0.4 is 10.2 Å². The third-order valence-electron chi connectivity index (χ3n) is 4.14. The Hall–Kier alpha value is -2.24. The number of nitrogens with zero attached hydrogens (tertiary/aromatic N) is 2. The summed E-state index contributed by atoms with van der Waals surface area (Å²) in [6.45, 7) is 4.61. The normalized spacial score (nSPS) is 21.7. The molecular weight excluding hydrogens is 282 g/mol. The zero-order valence-corrected chi connectivity index (χ0v) is 12.7. The molecule has 2 aliphatic rings. The first-order valence-corrected chi connectivity index (χ1v) is 7.74. The van der Waals surface area contributed by atoms with E-state index in [9.17, 15) is 9.59 Å². The predicted octanol–water partition coefficient (Wildman–Crippen LogP) is 2.91. The molecule has 1 atom stereocenters. The molecule has 2 fully saturated rings. The number of para-hydroxylation sites is 2. The Kier molecular flexibility index (Phi) is 4.18. The lowest BCUT2D eigenvalue weighted by molar-refractivity contribution is 0.180. The average molecular weight is 303 g/mol. The van der Waals surface area contributed by atoms with Gasteiger partial charge in [0.1, 0.15) is 6.61 Å². The number of benzene rings is 1. The first kappa shape index (κ1) is 14.7. The van der Waals surface area contributed by atoms with Crippen LogP contribution in [-0.2, 0) is 4.74 Å². The maximum absolute atomic E-state index is 12.4. The van der Waals surface area contributed by atoms with Gasteiger partial charge < -0.3 is 15.0 Å². The smallest absolute Gasteiger partial charge is 0.414 e. The van der Waals surface area contributed by atoms with Crippen molar-refractivity contribution in [2.24, 2.45) is 5.92 Å². The fraction of sp³-hybridized carbons (Fsp3) is 0.500. The van der Waals surface area contributed by atoms with Crippen LogP contribution in [0.25, 0.3) is 0 Å². The maximum Gasteiger partial charge on any atom is 0.414 e. The monoisotopic (exact) mass is 303 g/mol. The third kappa shape index (κ3) is 3.00. The number of hydrogen-bond acceptors (Lipinski definition) is 3. The Morgan fingerprint density at radius 3 is 2.86 bits per heavy atom. The standard InChI is InChI=1S/C16H21N3O3/c1-12-5-4-8-18(11-12)15(20)17-13-6-2-3-7-14(13)19-9-10-22-16(19)21/h2-3,6-7,12H,4-5,8-11H2,1H3,(H,17,20)/t12-/m0/s1. The lowest BCUT2D eigenvalue weighted by Crippen LogP contribution is -2.41. The van der Waals surface area contributed by atoms with Gasteiger partial charge in [-0.3, -0.25) is 4.90 Å². The highest BCUT2D eigenvalue weighted by atomic mass is 16.6. The summed E-state index contributed by atoms with van der Waals surface area (Å²) in [4.78, 5) is 27.6. The van der Waals surface area contributed by atoms with E-state index in [1.54, 1.807) is 4.90 Å². The van der Waals surface area contributed by atoms with Gasteiger partial charge in [-0.05, 0) is 30.9 Å². The van der Waals surface area contributed by atoms with Crippen molar-refractivity contribution in [3.8, 4) is 0 Å². The van der Waals surface area contributed by atoms with Gasteiger partial charge in [-0.1, -0.05) is 19.1 Å². The number of piperidine rings is 1. The van der Waals surface area contributed by atoms with Gasteiger partial charge in [0.15, 0.2) is 0 Å². The van der Waals surface area contributed by atoms with Gasteiger partial charge in [-0.2, -0.15) is 0 Å². The lowest BCUT2D eigenvalue weighted by atomic mass is 10.0. The minimum atomic E-state index is -0.367. The highest BCUT2D eigenvalue weighted by molar-refractivity contribution is 5.99. The second-order valence-corrected chi connectivity index (χ2v) is 5.91. The number of cyclic esters (lactones) is 1. The van der Waals surface area contributed by atoms with Crippen molar-refractivity contribution in [2.75, 3.05) is 36.5 Å². The molecule has 2 saturated heterocycles. The van der Waals surface area contributed by atoms with Gasteiger partial charge in [0.25, 0.3) is 0 Å². The average Bonchev–Trinajstić information content (AvgIpc) is 2.94. The number of urea groups is 1. The third-order valence-corrected chi connectivity index (χ3v) is 4.14. The van der Waals surface area contributed by atoms with Crippen LogP contribution in [0.2, 0.25) is 0 Å². The highest BCUT2D eigenvalue weighted by Gasteiger charge is 2.27. The summed E-state index contributed by atoms with van der Waals surface area (Å²) in [6, 6.07) is 7.22. The van der Waals surface area contributed by atoms with E-state index in [1.807, 2.05) is 29.2 Å². The van der Waals surface area contributed by atoms with Crippen LogP contribution in [0.1, 0.15) is 19.8 Å². The number of ether oxygens (including phenoxy) is 1. The van der Waals surface area contributed by atoms with E-state index in [0.29, 0.717) is 30.4 Å². The molecule has 0 saturated carbocycles. The topological polar surface area (TPSA) is 61.9 Å². The second kappa shape index (κ2) is 6.25. The molecule has 6 heteroatoms. The minimum Gasteiger partial charge on any atom is -0.447 e. The van der Waals surface area contributed by atoms with Crippen LogP contribution >= 0.6 is 0 Å². The minimum absolute atomic E-state index is 0.105. The number of carbonyl (C=O) groups excluding carboxylic acids is 2.